The normalized spacial score (nSPS) is 12.6. The first-order valence-electron chi connectivity index (χ1n) is 4.95. The number of hydrogen-bond donors (Lipinski definition) is 0. The molecule has 0 aliphatic heterocycles. The van der Waals surface area contributed by atoms with E-state index in [2.05, 4.69) is 5.10 Å². The Morgan fingerprint density at radius 3 is 2.50 bits per heavy atom. The van der Waals surface area contributed by atoms with E-state index in [0.29, 0.717) is 5.52 Å². The van der Waals surface area contributed by atoms with Gasteiger partial charge in [-0.15, -0.1) is 0 Å². The van der Waals surface area contributed by atoms with Crippen LogP contribution in [0.5, 0.6) is 0 Å². The summed E-state index contributed by atoms with van der Waals surface area (Å²) in [5.74, 6) is -0.212. The van der Waals surface area contributed by atoms with Gasteiger partial charge in [-0.2, -0.15) is 18.3 Å². The molecule has 0 aliphatic carbocycles. The number of aromatic nitrogens is 2. The van der Waals surface area contributed by atoms with Gasteiger partial charge in [0.1, 0.15) is 0 Å². The highest BCUT2D eigenvalue weighted by Gasteiger charge is 2.38. The van der Waals surface area contributed by atoms with Crippen LogP contribution in [0.25, 0.3) is 5.52 Å². The molecule has 0 radical (unpaired) electrons. The molecule has 2 rings (SSSR count). The minimum absolute atomic E-state index is 0.212. The second-order valence-electron chi connectivity index (χ2n) is 3.95. The standard InChI is InChI=1S/C11H11F3N2/c1-7(2)9-8-5-3-4-6-16(8)15-10(9)11(12,13)14/h3-7H,1-2H3. The van der Waals surface area contributed by atoms with Gasteiger partial charge < -0.3 is 0 Å². The minimum Gasteiger partial charge on any atom is -0.240 e. The van der Waals surface area contributed by atoms with E-state index in [-0.39, 0.29) is 11.5 Å². The summed E-state index contributed by atoms with van der Waals surface area (Å²) in [4.78, 5) is 0. The van der Waals surface area contributed by atoms with Crippen molar-refractivity contribution in [2.75, 3.05) is 0 Å². The van der Waals surface area contributed by atoms with Gasteiger partial charge in [0, 0.05) is 11.8 Å². The van der Waals surface area contributed by atoms with Crippen LogP contribution in [-0.4, -0.2) is 9.61 Å². The molecule has 0 amide bonds. The van der Waals surface area contributed by atoms with Crippen LogP contribution in [0.1, 0.15) is 31.0 Å². The van der Waals surface area contributed by atoms with Crippen molar-refractivity contribution >= 4 is 5.52 Å². The van der Waals surface area contributed by atoms with Gasteiger partial charge in [-0.3, -0.25) is 0 Å². The number of rotatable bonds is 1. The van der Waals surface area contributed by atoms with Crippen molar-refractivity contribution < 1.29 is 13.2 Å². The average Bonchev–Trinajstić information content (AvgIpc) is 2.55. The molecule has 0 unspecified atom stereocenters. The molecule has 0 fully saturated rings. The quantitative estimate of drug-likeness (QED) is 0.730. The SMILES string of the molecule is CC(C)c1c(C(F)(F)F)nn2ccccc12. The Kier molecular flexibility index (Phi) is 2.40. The molecule has 0 atom stereocenters. The highest BCUT2D eigenvalue weighted by molar-refractivity contribution is 5.58. The fourth-order valence-corrected chi connectivity index (χ4v) is 1.80. The van der Waals surface area contributed by atoms with E-state index >= 15 is 0 Å². The van der Waals surface area contributed by atoms with Crippen molar-refractivity contribution in [3.63, 3.8) is 0 Å². The van der Waals surface area contributed by atoms with Gasteiger partial charge >= 0.3 is 6.18 Å². The fourth-order valence-electron chi connectivity index (χ4n) is 1.80. The molecule has 2 aromatic rings. The van der Waals surface area contributed by atoms with Crippen LogP contribution in [0.3, 0.4) is 0 Å². The van der Waals surface area contributed by atoms with Crippen LogP contribution in [-0.2, 0) is 6.18 Å². The molecule has 2 aromatic heterocycles. The molecule has 0 aliphatic rings. The Labute approximate surface area is 90.7 Å². The van der Waals surface area contributed by atoms with Gasteiger partial charge in [-0.25, -0.2) is 4.52 Å². The average molecular weight is 228 g/mol. The maximum Gasteiger partial charge on any atom is 0.435 e. The topological polar surface area (TPSA) is 17.3 Å². The molecule has 0 spiro atoms. The van der Waals surface area contributed by atoms with Crippen molar-refractivity contribution in [2.24, 2.45) is 0 Å². The van der Waals surface area contributed by atoms with Crippen LogP contribution >= 0.6 is 0 Å². The summed E-state index contributed by atoms with van der Waals surface area (Å²) in [6.07, 6.45) is -2.87. The second-order valence-corrected chi connectivity index (χ2v) is 3.95. The van der Waals surface area contributed by atoms with Gasteiger partial charge in [-0.1, -0.05) is 19.9 Å². The zero-order valence-corrected chi connectivity index (χ0v) is 8.92. The zero-order valence-electron chi connectivity index (χ0n) is 8.92. The Hall–Kier alpha value is -1.52. The summed E-state index contributed by atoms with van der Waals surface area (Å²) in [5.41, 5.74) is -0.00775. The largest absolute Gasteiger partial charge is 0.435 e. The molecule has 2 heterocycles. The van der Waals surface area contributed by atoms with Crippen molar-refractivity contribution in [3.05, 3.63) is 35.7 Å². The summed E-state index contributed by atoms with van der Waals surface area (Å²) < 4.78 is 39.6. The second kappa shape index (κ2) is 3.50. The summed E-state index contributed by atoms with van der Waals surface area (Å²) in [6.45, 7) is 3.47. The third-order valence-electron chi connectivity index (χ3n) is 2.42. The van der Waals surface area contributed by atoms with Crippen molar-refractivity contribution in [3.8, 4) is 0 Å². The summed E-state index contributed by atoms with van der Waals surface area (Å²) in [6, 6.07) is 5.02. The summed E-state index contributed by atoms with van der Waals surface area (Å²) in [5, 5.41) is 3.60. The van der Waals surface area contributed by atoms with Crippen LogP contribution in [0, 0.1) is 0 Å². The van der Waals surface area contributed by atoms with E-state index in [1.807, 2.05) is 0 Å². The van der Waals surface area contributed by atoms with Crippen LogP contribution in [0.2, 0.25) is 0 Å². The maximum absolute atomic E-state index is 12.8. The Bertz CT molecular complexity index is 511. The lowest BCUT2D eigenvalue weighted by Crippen LogP contribution is -2.09. The zero-order chi connectivity index (χ0) is 11.9. The summed E-state index contributed by atoms with van der Waals surface area (Å²) in [7, 11) is 0. The number of pyridine rings is 1. The first-order chi connectivity index (χ1) is 7.41. The van der Waals surface area contributed by atoms with Crippen molar-refractivity contribution in [1.29, 1.82) is 0 Å². The molecule has 0 N–H and O–H groups in total. The molecule has 2 nitrogen and oxygen atoms in total. The lowest BCUT2D eigenvalue weighted by molar-refractivity contribution is -0.142. The maximum atomic E-state index is 12.8. The molecule has 86 valence electrons. The lowest BCUT2D eigenvalue weighted by atomic mass is 10.0. The van der Waals surface area contributed by atoms with E-state index in [1.165, 1.54) is 10.7 Å². The van der Waals surface area contributed by atoms with Gasteiger partial charge in [0.05, 0.1) is 5.52 Å². The third-order valence-corrected chi connectivity index (χ3v) is 2.42. The molecule has 16 heavy (non-hydrogen) atoms. The smallest absolute Gasteiger partial charge is 0.240 e. The van der Waals surface area contributed by atoms with Crippen LogP contribution in [0.4, 0.5) is 13.2 Å². The first-order valence-corrected chi connectivity index (χ1v) is 4.95. The van der Waals surface area contributed by atoms with E-state index in [0.717, 1.165) is 0 Å². The first kappa shape index (κ1) is 11.0. The molecule has 5 heteroatoms. The Balaban J connectivity index is 2.78. The molecule has 0 saturated heterocycles. The lowest BCUT2D eigenvalue weighted by Gasteiger charge is -2.08. The molecular weight excluding hydrogens is 217 g/mol. The number of fused-ring (bicyclic) bond motifs is 1. The van der Waals surface area contributed by atoms with E-state index in [9.17, 15) is 13.2 Å². The third kappa shape index (κ3) is 1.66. The van der Waals surface area contributed by atoms with Crippen molar-refractivity contribution in [1.82, 2.24) is 9.61 Å². The van der Waals surface area contributed by atoms with Crippen LogP contribution < -0.4 is 0 Å². The molecule has 0 saturated carbocycles. The number of nitrogens with zero attached hydrogens (tertiary/aromatic N) is 2. The van der Waals surface area contributed by atoms with Crippen LogP contribution in [0.15, 0.2) is 24.4 Å². The highest BCUT2D eigenvalue weighted by atomic mass is 19.4. The predicted molar refractivity (Wildman–Crippen MR) is 54.3 cm³/mol. The Morgan fingerprint density at radius 1 is 1.25 bits per heavy atom. The molecule has 0 aromatic carbocycles. The minimum atomic E-state index is -4.40. The van der Waals surface area contributed by atoms with Gasteiger partial charge in [-0.05, 0) is 18.1 Å². The van der Waals surface area contributed by atoms with E-state index in [1.54, 1.807) is 32.0 Å². The van der Waals surface area contributed by atoms with E-state index in [4.69, 9.17) is 0 Å². The molecular formula is C11H11F3N2. The van der Waals surface area contributed by atoms with Gasteiger partial charge in [0.15, 0.2) is 5.69 Å². The predicted octanol–water partition coefficient (Wildman–Crippen LogP) is 3.48. The highest BCUT2D eigenvalue weighted by Crippen LogP contribution is 2.36. The van der Waals surface area contributed by atoms with Gasteiger partial charge in [0.2, 0.25) is 0 Å². The Morgan fingerprint density at radius 2 is 1.94 bits per heavy atom. The molecule has 0 bridgehead atoms. The monoisotopic (exact) mass is 228 g/mol. The fraction of sp³-hybridized carbons (Fsp3) is 0.364. The van der Waals surface area contributed by atoms with E-state index < -0.39 is 11.9 Å². The summed E-state index contributed by atoms with van der Waals surface area (Å²) >= 11 is 0. The van der Waals surface area contributed by atoms with Crippen molar-refractivity contribution in [2.45, 2.75) is 25.9 Å². The number of halogens is 3. The number of hydrogen-bond acceptors (Lipinski definition) is 1. The number of alkyl halides is 3. The van der Waals surface area contributed by atoms with Gasteiger partial charge in [0.25, 0.3) is 0 Å².